The minimum atomic E-state index is -0.704. The lowest BCUT2D eigenvalue weighted by molar-refractivity contribution is 0.0626. The molecule has 0 aliphatic heterocycles. The van der Waals surface area contributed by atoms with Crippen LogP contribution in [0.25, 0.3) is 5.69 Å². The Bertz CT molecular complexity index is 700. The number of aliphatic hydroxyl groups is 1. The smallest absolute Gasteiger partial charge is 0.138 e. The predicted molar refractivity (Wildman–Crippen MR) is 84.8 cm³/mol. The first-order valence-electron chi connectivity index (χ1n) is 7.25. The molecule has 1 atom stereocenters. The molecular weight excluding hydrogens is 294 g/mol. The molecule has 0 spiro atoms. The number of nitrogens with zero attached hydrogens (tertiary/aromatic N) is 3. The lowest BCUT2D eigenvalue weighted by atomic mass is 10.3. The standard InChI is InChI=1S/C17H17N3O3/c21-15(10-22-16-4-2-1-3-5-16)11-23-17-8-6-14(7-9-17)20-13-18-12-19-20/h1-9,12-13,15,21H,10-11H2. The largest absolute Gasteiger partial charge is 0.491 e. The summed E-state index contributed by atoms with van der Waals surface area (Å²) in [6, 6.07) is 16.8. The summed E-state index contributed by atoms with van der Waals surface area (Å²) in [4.78, 5) is 3.90. The van der Waals surface area contributed by atoms with E-state index in [4.69, 9.17) is 9.47 Å². The number of hydrogen-bond acceptors (Lipinski definition) is 5. The number of aliphatic hydroxyl groups excluding tert-OH is 1. The normalized spacial score (nSPS) is 11.9. The molecule has 1 N–H and O–H groups in total. The first kappa shape index (κ1) is 15.1. The summed E-state index contributed by atoms with van der Waals surface area (Å²) in [5, 5.41) is 14.0. The van der Waals surface area contributed by atoms with Crippen molar-refractivity contribution in [1.82, 2.24) is 14.8 Å². The van der Waals surface area contributed by atoms with Crippen LogP contribution in [0.2, 0.25) is 0 Å². The van der Waals surface area contributed by atoms with Gasteiger partial charge in [0.05, 0.1) is 5.69 Å². The third kappa shape index (κ3) is 4.31. The van der Waals surface area contributed by atoms with Gasteiger partial charge in [0.25, 0.3) is 0 Å². The first-order chi connectivity index (χ1) is 11.3. The van der Waals surface area contributed by atoms with Crippen LogP contribution in [0.1, 0.15) is 0 Å². The van der Waals surface area contributed by atoms with Crippen LogP contribution in [-0.2, 0) is 0 Å². The highest BCUT2D eigenvalue weighted by Gasteiger charge is 2.07. The van der Waals surface area contributed by atoms with Crippen LogP contribution in [0.4, 0.5) is 0 Å². The topological polar surface area (TPSA) is 69.4 Å². The second kappa shape index (κ2) is 7.42. The van der Waals surface area contributed by atoms with E-state index in [2.05, 4.69) is 10.1 Å². The molecule has 3 aromatic rings. The predicted octanol–water partition coefficient (Wildman–Crippen LogP) is 2.09. The average molecular weight is 311 g/mol. The molecule has 0 aliphatic rings. The van der Waals surface area contributed by atoms with Crippen molar-refractivity contribution in [3.63, 3.8) is 0 Å². The first-order valence-corrected chi connectivity index (χ1v) is 7.25. The van der Waals surface area contributed by atoms with Crippen molar-refractivity contribution in [2.24, 2.45) is 0 Å². The number of hydrogen-bond donors (Lipinski definition) is 1. The fourth-order valence-corrected chi connectivity index (χ4v) is 1.99. The minimum absolute atomic E-state index is 0.162. The Kier molecular flexibility index (Phi) is 4.85. The van der Waals surface area contributed by atoms with Gasteiger partial charge in [-0.1, -0.05) is 18.2 Å². The number of rotatable bonds is 7. The molecule has 1 unspecified atom stereocenters. The molecular formula is C17H17N3O3. The van der Waals surface area contributed by atoms with Gasteiger partial charge in [0.15, 0.2) is 0 Å². The summed E-state index contributed by atoms with van der Waals surface area (Å²) in [6.07, 6.45) is 2.40. The summed E-state index contributed by atoms with van der Waals surface area (Å²) >= 11 is 0. The molecule has 0 bridgehead atoms. The van der Waals surface area contributed by atoms with Crippen LogP contribution >= 0.6 is 0 Å². The number of aromatic nitrogens is 3. The van der Waals surface area contributed by atoms with Crippen molar-refractivity contribution in [1.29, 1.82) is 0 Å². The molecule has 0 saturated carbocycles. The maximum Gasteiger partial charge on any atom is 0.138 e. The molecule has 0 saturated heterocycles. The highest BCUT2D eigenvalue weighted by atomic mass is 16.5. The summed E-state index contributed by atoms with van der Waals surface area (Å²) in [5.74, 6) is 1.40. The van der Waals surface area contributed by atoms with E-state index in [-0.39, 0.29) is 13.2 Å². The molecule has 0 radical (unpaired) electrons. The minimum Gasteiger partial charge on any atom is -0.491 e. The van der Waals surface area contributed by atoms with Crippen molar-refractivity contribution in [2.75, 3.05) is 13.2 Å². The van der Waals surface area contributed by atoms with Crippen LogP contribution < -0.4 is 9.47 Å². The van der Waals surface area contributed by atoms with Crippen LogP contribution in [0.15, 0.2) is 67.3 Å². The van der Waals surface area contributed by atoms with E-state index < -0.39 is 6.10 Å². The highest BCUT2D eigenvalue weighted by molar-refractivity contribution is 5.36. The Labute approximate surface area is 133 Å². The van der Waals surface area contributed by atoms with Gasteiger partial charge in [0.1, 0.15) is 43.5 Å². The van der Waals surface area contributed by atoms with Crippen molar-refractivity contribution in [3.8, 4) is 17.2 Å². The molecule has 118 valence electrons. The third-order valence-corrected chi connectivity index (χ3v) is 3.15. The Morgan fingerprint density at radius 1 is 0.913 bits per heavy atom. The van der Waals surface area contributed by atoms with Crippen LogP contribution in [0.3, 0.4) is 0 Å². The van der Waals surface area contributed by atoms with E-state index in [1.54, 1.807) is 11.0 Å². The lowest BCUT2D eigenvalue weighted by Gasteiger charge is -2.13. The van der Waals surface area contributed by atoms with Gasteiger partial charge >= 0.3 is 0 Å². The fraction of sp³-hybridized carbons (Fsp3) is 0.176. The van der Waals surface area contributed by atoms with Gasteiger partial charge in [-0.3, -0.25) is 0 Å². The second-order valence-electron chi connectivity index (χ2n) is 4.92. The van der Waals surface area contributed by atoms with Crippen LogP contribution in [0.5, 0.6) is 11.5 Å². The average Bonchev–Trinajstić information content (AvgIpc) is 3.14. The molecule has 6 nitrogen and oxygen atoms in total. The molecule has 0 amide bonds. The molecule has 0 aliphatic carbocycles. The maximum absolute atomic E-state index is 9.90. The van der Waals surface area contributed by atoms with E-state index in [1.165, 1.54) is 6.33 Å². The zero-order valence-electron chi connectivity index (χ0n) is 12.4. The van der Waals surface area contributed by atoms with Crippen LogP contribution in [0, 0.1) is 0 Å². The van der Waals surface area contributed by atoms with Gasteiger partial charge in [-0.15, -0.1) is 0 Å². The number of para-hydroxylation sites is 1. The molecule has 1 heterocycles. The van der Waals surface area contributed by atoms with Crippen molar-refractivity contribution in [2.45, 2.75) is 6.10 Å². The van der Waals surface area contributed by atoms with E-state index in [9.17, 15) is 5.11 Å². The van der Waals surface area contributed by atoms with Crippen molar-refractivity contribution < 1.29 is 14.6 Å². The second-order valence-corrected chi connectivity index (χ2v) is 4.92. The van der Waals surface area contributed by atoms with Crippen LogP contribution in [-0.4, -0.2) is 39.2 Å². The zero-order valence-corrected chi connectivity index (χ0v) is 12.4. The summed E-state index contributed by atoms with van der Waals surface area (Å²) in [7, 11) is 0. The Balaban J connectivity index is 1.46. The molecule has 2 aromatic carbocycles. The lowest BCUT2D eigenvalue weighted by Crippen LogP contribution is -2.25. The van der Waals surface area contributed by atoms with Crippen molar-refractivity contribution >= 4 is 0 Å². The number of benzene rings is 2. The Hall–Kier alpha value is -2.86. The van der Waals surface area contributed by atoms with E-state index >= 15 is 0 Å². The Morgan fingerprint density at radius 3 is 2.17 bits per heavy atom. The molecule has 3 rings (SSSR count). The third-order valence-electron chi connectivity index (χ3n) is 3.15. The van der Waals surface area contributed by atoms with Gasteiger partial charge < -0.3 is 14.6 Å². The molecule has 0 fully saturated rings. The summed E-state index contributed by atoms with van der Waals surface area (Å²) < 4.78 is 12.7. The van der Waals surface area contributed by atoms with E-state index in [0.29, 0.717) is 5.75 Å². The van der Waals surface area contributed by atoms with E-state index in [0.717, 1.165) is 11.4 Å². The summed E-state index contributed by atoms with van der Waals surface area (Å²) in [5.41, 5.74) is 0.891. The molecule has 6 heteroatoms. The van der Waals surface area contributed by atoms with Gasteiger partial charge in [-0.25, -0.2) is 9.67 Å². The fourth-order valence-electron chi connectivity index (χ4n) is 1.99. The SMILES string of the molecule is OC(COc1ccccc1)COc1ccc(-n2cncn2)cc1. The zero-order chi connectivity index (χ0) is 15.9. The highest BCUT2D eigenvalue weighted by Crippen LogP contribution is 2.15. The molecule has 1 aromatic heterocycles. The maximum atomic E-state index is 9.90. The Morgan fingerprint density at radius 2 is 1.57 bits per heavy atom. The number of ether oxygens (including phenoxy) is 2. The quantitative estimate of drug-likeness (QED) is 0.723. The van der Waals surface area contributed by atoms with Gasteiger partial charge in [0.2, 0.25) is 0 Å². The summed E-state index contributed by atoms with van der Waals surface area (Å²) in [6.45, 7) is 0.344. The van der Waals surface area contributed by atoms with E-state index in [1.807, 2.05) is 54.6 Å². The van der Waals surface area contributed by atoms with Crippen molar-refractivity contribution in [3.05, 3.63) is 67.3 Å². The van der Waals surface area contributed by atoms with Gasteiger partial charge in [-0.05, 0) is 36.4 Å². The van der Waals surface area contributed by atoms with Gasteiger partial charge in [-0.2, -0.15) is 5.10 Å². The van der Waals surface area contributed by atoms with Gasteiger partial charge in [0, 0.05) is 0 Å². The monoisotopic (exact) mass is 311 g/mol. The molecule has 23 heavy (non-hydrogen) atoms.